The van der Waals surface area contributed by atoms with E-state index in [4.69, 9.17) is 0 Å². The van der Waals surface area contributed by atoms with Crippen molar-refractivity contribution in [3.63, 3.8) is 0 Å². The zero-order valence-corrected chi connectivity index (χ0v) is 15.0. The third-order valence-corrected chi connectivity index (χ3v) is 4.19. The van der Waals surface area contributed by atoms with E-state index in [9.17, 15) is 29.1 Å². The third-order valence-electron chi connectivity index (χ3n) is 3.19. The van der Waals surface area contributed by atoms with E-state index in [0.29, 0.717) is 5.56 Å². The Bertz CT molecular complexity index is 677. The van der Waals surface area contributed by atoms with Gasteiger partial charge in [0.1, 0.15) is 6.04 Å². The first-order valence-corrected chi connectivity index (χ1v) is 8.78. The summed E-state index contributed by atoms with van der Waals surface area (Å²) in [5, 5.41) is 13.5. The van der Waals surface area contributed by atoms with Crippen molar-refractivity contribution in [2.75, 3.05) is 12.3 Å². The fourth-order valence-corrected chi connectivity index (χ4v) is 2.67. The lowest BCUT2D eigenvalue weighted by Gasteiger charge is -2.13. The van der Waals surface area contributed by atoms with Crippen LogP contribution in [0.3, 0.4) is 0 Å². The maximum absolute atomic E-state index is 12.0. The van der Waals surface area contributed by atoms with Gasteiger partial charge in [0.15, 0.2) is 5.78 Å². The third kappa shape index (κ3) is 8.43. The molecule has 3 N–H and O–H groups in total. The maximum Gasteiger partial charge on any atom is 0.327 e. The summed E-state index contributed by atoms with van der Waals surface area (Å²) < 4.78 is 0. The number of benzene rings is 1. The second-order valence-electron chi connectivity index (χ2n) is 5.37. The number of aliphatic carboxylic acids is 1. The van der Waals surface area contributed by atoms with Crippen molar-refractivity contribution < 1.29 is 29.1 Å². The van der Waals surface area contributed by atoms with Crippen molar-refractivity contribution in [1.82, 2.24) is 10.6 Å². The molecule has 1 rings (SSSR count). The predicted molar refractivity (Wildman–Crippen MR) is 95.7 cm³/mol. The molecular formula is C17H20N2O6S. The molecule has 0 aliphatic rings. The average Bonchev–Trinajstić information content (AvgIpc) is 2.61. The summed E-state index contributed by atoms with van der Waals surface area (Å²) in [6, 6.07) is 7.14. The average molecular weight is 380 g/mol. The molecular weight excluding hydrogens is 360 g/mol. The van der Waals surface area contributed by atoms with Crippen LogP contribution in [0.1, 0.15) is 30.1 Å². The molecule has 1 atom stereocenters. The Morgan fingerprint density at radius 2 is 1.73 bits per heavy atom. The molecule has 2 amide bonds. The van der Waals surface area contributed by atoms with Crippen LogP contribution < -0.4 is 10.6 Å². The molecule has 0 bridgehead atoms. The van der Waals surface area contributed by atoms with Gasteiger partial charge in [-0.15, -0.1) is 0 Å². The lowest BCUT2D eigenvalue weighted by molar-refractivity contribution is -0.141. The smallest absolute Gasteiger partial charge is 0.327 e. The highest BCUT2D eigenvalue weighted by Crippen LogP contribution is 2.13. The molecule has 1 unspecified atom stereocenters. The fraction of sp³-hybridized carbons (Fsp3) is 0.353. The van der Waals surface area contributed by atoms with Crippen LogP contribution in [0.25, 0.3) is 0 Å². The standard InChI is InChI=1S/C17H20N2O6S/c1-11(20)18-9-13(21)7-8-15(22)19-14(16(23)24)10-26-17(25)12-5-3-2-4-6-12/h2-6,14H,7-10H2,1H3,(H,18,20)(H,19,22)(H,23,24). The predicted octanol–water partition coefficient (Wildman–Crippen LogP) is 0.615. The molecule has 0 saturated carbocycles. The minimum Gasteiger partial charge on any atom is -0.480 e. The number of hydrogen-bond donors (Lipinski definition) is 3. The summed E-state index contributed by atoms with van der Waals surface area (Å²) in [4.78, 5) is 57.2. The molecule has 0 heterocycles. The largest absolute Gasteiger partial charge is 0.480 e. The first kappa shape index (κ1) is 21.4. The Morgan fingerprint density at radius 3 is 2.31 bits per heavy atom. The first-order chi connectivity index (χ1) is 12.3. The lowest BCUT2D eigenvalue weighted by Crippen LogP contribution is -2.43. The minimum absolute atomic E-state index is 0.117. The maximum atomic E-state index is 12.0. The van der Waals surface area contributed by atoms with E-state index in [2.05, 4.69) is 10.6 Å². The zero-order valence-electron chi connectivity index (χ0n) is 14.2. The van der Waals surface area contributed by atoms with Gasteiger partial charge < -0.3 is 15.7 Å². The number of thioether (sulfide) groups is 1. The van der Waals surface area contributed by atoms with E-state index in [1.54, 1.807) is 30.3 Å². The summed E-state index contributed by atoms with van der Waals surface area (Å²) in [6.07, 6.45) is -0.311. The van der Waals surface area contributed by atoms with Gasteiger partial charge in [-0.05, 0) is 0 Å². The molecule has 8 nitrogen and oxygen atoms in total. The van der Waals surface area contributed by atoms with Gasteiger partial charge in [0.2, 0.25) is 16.9 Å². The molecule has 0 spiro atoms. The molecule has 0 aliphatic carbocycles. The summed E-state index contributed by atoms with van der Waals surface area (Å²) in [5.41, 5.74) is 0.441. The van der Waals surface area contributed by atoms with Crippen LogP contribution >= 0.6 is 11.8 Å². The van der Waals surface area contributed by atoms with E-state index in [1.807, 2.05) is 0 Å². The molecule has 0 fully saturated rings. The number of nitrogens with one attached hydrogen (secondary N) is 2. The van der Waals surface area contributed by atoms with Gasteiger partial charge in [-0.2, -0.15) is 0 Å². The lowest BCUT2D eigenvalue weighted by atomic mass is 10.2. The Morgan fingerprint density at radius 1 is 1.08 bits per heavy atom. The highest BCUT2D eigenvalue weighted by Gasteiger charge is 2.22. The van der Waals surface area contributed by atoms with E-state index < -0.39 is 17.9 Å². The van der Waals surface area contributed by atoms with Crippen molar-refractivity contribution in [3.8, 4) is 0 Å². The second-order valence-corrected chi connectivity index (χ2v) is 6.36. The molecule has 140 valence electrons. The number of carbonyl (C=O) groups is 5. The quantitative estimate of drug-likeness (QED) is 0.542. The van der Waals surface area contributed by atoms with Crippen LogP contribution in [-0.2, 0) is 19.2 Å². The van der Waals surface area contributed by atoms with Gasteiger partial charge in [-0.25, -0.2) is 4.79 Å². The number of carboxylic acid groups (broad SMARTS) is 1. The molecule has 1 aromatic rings. The number of carboxylic acids is 1. The Balaban J connectivity index is 2.43. The van der Waals surface area contributed by atoms with Crippen molar-refractivity contribution in [3.05, 3.63) is 35.9 Å². The van der Waals surface area contributed by atoms with Crippen LogP contribution in [-0.4, -0.2) is 52.1 Å². The Kier molecular flexibility index (Phi) is 9.07. The van der Waals surface area contributed by atoms with E-state index >= 15 is 0 Å². The highest BCUT2D eigenvalue weighted by molar-refractivity contribution is 8.14. The summed E-state index contributed by atoms with van der Waals surface area (Å²) in [6.45, 7) is 1.10. The van der Waals surface area contributed by atoms with Gasteiger partial charge in [0, 0.05) is 31.1 Å². The summed E-state index contributed by atoms with van der Waals surface area (Å²) in [7, 11) is 0. The topological polar surface area (TPSA) is 130 Å². The van der Waals surface area contributed by atoms with Gasteiger partial charge in [-0.1, -0.05) is 42.1 Å². The van der Waals surface area contributed by atoms with Gasteiger partial charge in [0.25, 0.3) is 0 Å². The molecule has 0 aliphatic heterocycles. The number of ketones is 1. The van der Waals surface area contributed by atoms with Crippen LogP contribution in [0, 0.1) is 0 Å². The van der Waals surface area contributed by atoms with E-state index in [0.717, 1.165) is 11.8 Å². The van der Waals surface area contributed by atoms with Crippen LogP contribution in [0.5, 0.6) is 0 Å². The van der Waals surface area contributed by atoms with Crippen molar-refractivity contribution in [2.45, 2.75) is 25.8 Å². The van der Waals surface area contributed by atoms with Crippen LogP contribution in [0.15, 0.2) is 30.3 Å². The number of carbonyl (C=O) groups excluding carboxylic acids is 4. The van der Waals surface area contributed by atoms with E-state index in [-0.39, 0.29) is 41.9 Å². The monoisotopic (exact) mass is 380 g/mol. The first-order valence-electron chi connectivity index (χ1n) is 7.80. The molecule has 0 aromatic heterocycles. The van der Waals surface area contributed by atoms with Gasteiger partial charge >= 0.3 is 5.97 Å². The number of rotatable bonds is 10. The summed E-state index contributed by atoms with van der Waals surface area (Å²) >= 11 is 0.795. The molecule has 9 heteroatoms. The van der Waals surface area contributed by atoms with Gasteiger partial charge in [-0.3, -0.25) is 19.2 Å². The zero-order chi connectivity index (χ0) is 19.5. The van der Waals surface area contributed by atoms with Crippen LogP contribution in [0.4, 0.5) is 0 Å². The highest BCUT2D eigenvalue weighted by atomic mass is 32.2. The Hall–Kier alpha value is -2.68. The Labute approximate surface area is 154 Å². The SMILES string of the molecule is CC(=O)NCC(=O)CCC(=O)NC(CSC(=O)c1ccccc1)C(=O)O. The second kappa shape index (κ2) is 11.0. The van der Waals surface area contributed by atoms with Crippen LogP contribution in [0.2, 0.25) is 0 Å². The molecule has 0 saturated heterocycles. The molecule has 0 radical (unpaired) electrons. The fourth-order valence-electron chi connectivity index (χ4n) is 1.82. The van der Waals surface area contributed by atoms with Gasteiger partial charge in [0.05, 0.1) is 6.54 Å². The minimum atomic E-state index is -1.27. The van der Waals surface area contributed by atoms with E-state index in [1.165, 1.54) is 6.92 Å². The summed E-state index contributed by atoms with van der Waals surface area (Å²) in [5.74, 6) is -2.70. The molecule has 26 heavy (non-hydrogen) atoms. The van der Waals surface area contributed by atoms with Crippen molar-refractivity contribution in [2.24, 2.45) is 0 Å². The normalized spacial score (nSPS) is 11.3. The van der Waals surface area contributed by atoms with Crippen molar-refractivity contribution in [1.29, 1.82) is 0 Å². The molecule has 1 aromatic carbocycles. The number of Topliss-reactive ketones (excluding diaryl/α,β-unsaturated/α-hetero) is 1. The van der Waals surface area contributed by atoms with Crippen molar-refractivity contribution >= 4 is 40.4 Å². The number of hydrogen-bond acceptors (Lipinski definition) is 6. The number of amides is 2.